The molecular weight excluding hydrogens is 470 g/mol. The van der Waals surface area contributed by atoms with Crippen molar-refractivity contribution in [3.05, 3.63) is 58.8 Å². The zero-order chi connectivity index (χ0) is 21.3. The van der Waals surface area contributed by atoms with Gasteiger partial charge >= 0.3 is 0 Å². The lowest BCUT2D eigenvalue weighted by Crippen LogP contribution is -2.48. The van der Waals surface area contributed by atoms with Crippen LogP contribution in [0.1, 0.15) is 17.5 Å². The number of nitrogens with zero attached hydrogens (tertiary/aromatic N) is 2. The largest absolute Gasteiger partial charge is 0.450 e. The van der Waals surface area contributed by atoms with Crippen molar-refractivity contribution in [1.82, 2.24) is 9.21 Å². The second-order valence-corrected chi connectivity index (χ2v) is 9.88. The lowest BCUT2D eigenvalue weighted by molar-refractivity contribution is 0.0998. The first kappa shape index (κ1) is 21.0. The van der Waals surface area contributed by atoms with Crippen LogP contribution in [0.3, 0.4) is 0 Å². The lowest BCUT2D eigenvalue weighted by Gasteiger charge is -2.33. The fourth-order valence-electron chi connectivity index (χ4n) is 3.50. The smallest absolute Gasteiger partial charge is 0.291 e. The second kappa shape index (κ2) is 8.50. The van der Waals surface area contributed by atoms with E-state index in [1.165, 1.54) is 10.4 Å². The number of nitrogens with one attached hydrogen (secondary N) is 1. The van der Waals surface area contributed by atoms with Crippen molar-refractivity contribution < 1.29 is 17.6 Å². The standard InChI is InChI=1S/C21H22BrN3O4S/c1-2-24-9-11-25(12-10-24)30(27,28)17-7-4-6-16(14-17)23-21(26)19-13-15-5-3-8-18(22)20(15)29-19/h3-8,13-14H,2,9-12H2,1H3,(H,23,26). The van der Waals surface area contributed by atoms with Gasteiger partial charge < -0.3 is 14.6 Å². The van der Waals surface area contributed by atoms with Crippen LogP contribution in [0.5, 0.6) is 0 Å². The summed E-state index contributed by atoms with van der Waals surface area (Å²) in [6, 6.07) is 13.5. The van der Waals surface area contributed by atoms with Gasteiger partial charge in [0.25, 0.3) is 5.91 Å². The molecule has 0 radical (unpaired) electrons. The fraction of sp³-hybridized carbons (Fsp3) is 0.286. The normalized spacial score (nSPS) is 16.1. The van der Waals surface area contributed by atoms with E-state index in [0.29, 0.717) is 37.4 Å². The minimum atomic E-state index is -3.62. The zero-order valence-corrected chi connectivity index (χ0v) is 18.9. The highest BCUT2D eigenvalue weighted by atomic mass is 79.9. The highest BCUT2D eigenvalue weighted by molar-refractivity contribution is 9.10. The molecule has 2 aromatic carbocycles. The van der Waals surface area contributed by atoms with E-state index in [4.69, 9.17) is 4.42 Å². The van der Waals surface area contributed by atoms with E-state index in [0.717, 1.165) is 16.4 Å². The van der Waals surface area contributed by atoms with Gasteiger partial charge in [0.1, 0.15) is 5.58 Å². The van der Waals surface area contributed by atoms with Crippen molar-refractivity contribution in [1.29, 1.82) is 0 Å². The van der Waals surface area contributed by atoms with Gasteiger partial charge in [-0.1, -0.05) is 25.1 Å². The number of hydrogen-bond acceptors (Lipinski definition) is 5. The molecule has 0 unspecified atom stereocenters. The van der Waals surface area contributed by atoms with Gasteiger partial charge in [-0.15, -0.1) is 0 Å². The number of furan rings is 1. The second-order valence-electron chi connectivity index (χ2n) is 7.09. The average molecular weight is 492 g/mol. The molecule has 30 heavy (non-hydrogen) atoms. The molecule has 4 rings (SSSR count). The van der Waals surface area contributed by atoms with E-state index >= 15 is 0 Å². The molecule has 1 aromatic heterocycles. The summed E-state index contributed by atoms with van der Waals surface area (Å²) in [6.07, 6.45) is 0. The monoisotopic (exact) mass is 491 g/mol. The summed E-state index contributed by atoms with van der Waals surface area (Å²) in [5.74, 6) is -0.287. The van der Waals surface area contributed by atoms with E-state index in [2.05, 4.69) is 33.1 Å². The van der Waals surface area contributed by atoms with Crippen molar-refractivity contribution in [3.8, 4) is 0 Å². The van der Waals surface area contributed by atoms with Crippen LogP contribution in [0, 0.1) is 0 Å². The van der Waals surface area contributed by atoms with Crippen molar-refractivity contribution >= 4 is 48.5 Å². The zero-order valence-electron chi connectivity index (χ0n) is 16.5. The Balaban J connectivity index is 1.53. The molecule has 1 fully saturated rings. The highest BCUT2D eigenvalue weighted by Gasteiger charge is 2.28. The number of para-hydroxylation sites is 1. The quantitative estimate of drug-likeness (QED) is 0.587. The van der Waals surface area contributed by atoms with E-state index in [-0.39, 0.29) is 10.7 Å². The number of fused-ring (bicyclic) bond motifs is 1. The molecule has 158 valence electrons. The molecule has 0 aliphatic carbocycles. The van der Waals surface area contributed by atoms with Gasteiger partial charge in [-0.05, 0) is 52.8 Å². The van der Waals surface area contributed by atoms with Crippen LogP contribution in [0.25, 0.3) is 11.0 Å². The molecule has 1 saturated heterocycles. The third kappa shape index (κ3) is 4.15. The number of hydrogen-bond donors (Lipinski definition) is 1. The molecule has 0 atom stereocenters. The topological polar surface area (TPSA) is 82.9 Å². The van der Waals surface area contributed by atoms with Crippen molar-refractivity contribution in [2.45, 2.75) is 11.8 Å². The van der Waals surface area contributed by atoms with E-state index in [9.17, 15) is 13.2 Å². The minimum absolute atomic E-state index is 0.154. The van der Waals surface area contributed by atoms with Crippen molar-refractivity contribution in [2.75, 3.05) is 38.0 Å². The van der Waals surface area contributed by atoms with Crippen LogP contribution in [-0.4, -0.2) is 56.3 Å². The Hall–Kier alpha value is -2.20. The summed E-state index contributed by atoms with van der Waals surface area (Å²) in [5.41, 5.74) is 0.984. The average Bonchev–Trinajstić information content (AvgIpc) is 3.20. The van der Waals surface area contributed by atoms with E-state index in [1.54, 1.807) is 24.3 Å². The third-order valence-corrected chi connectivity index (χ3v) is 7.75. The molecule has 0 bridgehead atoms. The number of anilines is 1. The number of piperazine rings is 1. The Kier molecular flexibility index (Phi) is 5.97. The first-order valence-electron chi connectivity index (χ1n) is 9.70. The van der Waals surface area contributed by atoms with Crippen LogP contribution in [0.2, 0.25) is 0 Å². The fourth-order valence-corrected chi connectivity index (χ4v) is 5.43. The molecule has 1 amide bonds. The van der Waals surface area contributed by atoms with E-state index < -0.39 is 15.9 Å². The first-order valence-corrected chi connectivity index (χ1v) is 11.9. The maximum Gasteiger partial charge on any atom is 0.291 e. The number of benzene rings is 2. The molecular formula is C21H22BrN3O4S. The van der Waals surface area contributed by atoms with Gasteiger partial charge in [0.2, 0.25) is 10.0 Å². The summed E-state index contributed by atoms with van der Waals surface area (Å²) in [7, 11) is -3.62. The molecule has 0 spiro atoms. The summed E-state index contributed by atoms with van der Waals surface area (Å²) in [6.45, 7) is 5.33. The summed E-state index contributed by atoms with van der Waals surface area (Å²) in [5, 5.41) is 3.53. The van der Waals surface area contributed by atoms with Gasteiger partial charge in [-0.25, -0.2) is 8.42 Å². The van der Waals surface area contributed by atoms with Gasteiger partial charge in [-0.2, -0.15) is 4.31 Å². The molecule has 1 N–H and O–H groups in total. The Morgan fingerprint density at radius 3 is 2.53 bits per heavy atom. The van der Waals surface area contributed by atoms with Crippen molar-refractivity contribution in [2.24, 2.45) is 0 Å². The summed E-state index contributed by atoms with van der Waals surface area (Å²) >= 11 is 3.40. The Labute approximate surface area is 183 Å². The van der Waals surface area contributed by atoms with Gasteiger partial charge in [0, 0.05) is 37.3 Å². The number of sulfonamides is 1. The van der Waals surface area contributed by atoms with E-state index in [1.807, 2.05) is 18.2 Å². The molecule has 3 aromatic rings. The van der Waals surface area contributed by atoms with Crippen molar-refractivity contribution in [3.63, 3.8) is 0 Å². The molecule has 9 heteroatoms. The van der Waals surface area contributed by atoms with Crippen LogP contribution in [0.4, 0.5) is 5.69 Å². The molecule has 0 saturated carbocycles. The minimum Gasteiger partial charge on any atom is -0.450 e. The summed E-state index contributed by atoms with van der Waals surface area (Å²) in [4.78, 5) is 15.0. The molecule has 1 aliphatic rings. The SMILES string of the molecule is CCN1CCN(S(=O)(=O)c2cccc(NC(=O)c3cc4cccc(Br)c4o3)c2)CC1. The predicted octanol–water partition coefficient (Wildman–Crippen LogP) is 3.77. The summed E-state index contributed by atoms with van der Waals surface area (Å²) < 4.78 is 33.9. The highest BCUT2D eigenvalue weighted by Crippen LogP contribution is 2.28. The predicted molar refractivity (Wildman–Crippen MR) is 119 cm³/mol. The Bertz CT molecular complexity index is 1180. The number of carbonyl (C=O) groups is 1. The Morgan fingerprint density at radius 1 is 1.10 bits per heavy atom. The van der Waals surface area contributed by atoms with Crippen LogP contribution < -0.4 is 5.32 Å². The van der Waals surface area contributed by atoms with Crippen LogP contribution >= 0.6 is 15.9 Å². The van der Waals surface area contributed by atoms with Crippen LogP contribution in [-0.2, 0) is 10.0 Å². The molecule has 1 aliphatic heterocycles. The number of rotatable bonds is 5. The van der Waals surface area contributed by atoms with Crippen LogP contribution in [0.15, 0.2) is 62.3 Å². The molecule has 2 heterocycles. The maximum atomic E-state index is 13.0. The van der Waals surface area contributed by atoms with Gasteiger partial charge in [-0.3, -0.25) is 4.79 Å². The van der Waals surface area contributed by atoms with Gasteiger partial charge in [0.15, 0.2) is 5.76 Å². The number of likely N-dealkylation sites (N-methyl/N-ethyl adjacent to an activating group) is 1. The first-order chi connectivity index (χ1) is 14.4. The third-order valence-electron chi connectivity index (χ3n) is 5.23. The maximum absolute atomic E-state index is 13.0. The number of halogens is 1. The molecule has 7 nitrogen and oxygen atoms in total. The van der Waals surface area contributed by atoms with Gasteiger partial charge in [0.05, 0.1) is 9.37 Å². The number of carbonyl (C=O) groups excluding carboxylic acids is 1. The Morgan fingerprint density at radius 2 is 1.83 bits per heavy atom. The number of amides is 1. The lowest BCUT2D eigenvalue weighted by atomic mass is 10.2.